The number of likely N-dealkylation sites (tertiary alicyclic amines) is 1. The quantitative estimate of drug-likeness (QED) is 0.907. The van der Waals surface area contributed by atoms with Crippen molar-refractivity contribution < 1.29 is 14.3 Å². The van der Waals surface area contributed by atoms with Gasteiger partial charge in [-0.15, -0.1) is 11.3 Å². The van der Waals surface area contributed by atoms with E-state index in [0.717, 1.165) is 35.7 Å². The Morgan fingerprint density at radius 2 is 2.29 bits per heavy atom. The maximum atomic E-state index is 12.3. The number of amides is 2. The summed E-state index contributed by atoms with van der Waals surface area (Å²) in [5.74, 6) is 0.891. The van der Waals surface area contributed by atoms with E-state index in [1.54, 1.807) is 0 Å². The monoisotopic (exact) mass is 348 g/mol. The predicted octanol–water partition coefficient (Wildman–Crippen LogP) is 2.20. The van der Waals surface area contributed by atoms with Gasteiger partial charge in [-0.3, -0.25) is 9.59 Å². The highest BCUT2D eigenvalue weighted by Gasteiger charge is 2.63. The molecular weight excluding hydrogens is 324 g/mol. The molecule has 4 atom stereocenters. The van der Waals surface area contributed by atoms with Crippen LogP contribution in [0.4, 0.5) is 0 Å². The number of thiophene rings is 1. The van der Waals surface area contributed by atoms with Crippen molar-refractivity contribution in [3.63, 3.8) is 0 Å². The predicted molar refractivity (Wildman–Crippen MR) is 92.1 cm³/mol. The van der Waals surface area contributed by atoms with Crippen molar-refractivity contribution in [1.82, 2.24) is 10.2 Å². The molecule has 0 saturated carbocycles. The van der Waals surface area contributed by atoms with Crippen LogP contribution in [-0.4, -0.2) is 48.1 Å². The minimum atomic E-state index is -0.148. The molecular formula is C18H24N2O3S. The first-order valence-electron chi connectivity index (χ1n) is 8.82. The second kappa shape index (κ2) is 5.85. The lowest BCUT2D eigenvalue weighted by atomic mass is 9.73. The second-order valence-electron chi connectivity index (χ2n) is 7.28. The molecule has 1 aromatic rings. The van der Waals surface area contributed by atoms with Gasteiger partial charge in [-0.05, 0) is 31.9 Å². The third-order valence-corrected chi connectivity index (χ3v) is 6.90. The van der Waals surface area contributed by atoms with Gasteiger partial charge in [-0.25, -0.2) is 0 Å². The third-order valence-electron chi connectivity index (χ3n) is 5.90. The summed E-state index contributed by atoms with van der Waals surface area (Å²) in [6, 6.07) is 3.85. The van der Waals surface area contributed by atoms with Gasteiger partial charge in [-0.2, -0.15) is 0 Å². The summed E-state index contributed by atoms with van der Waals surface area (Å²) in [6.07, 6.45) is 2.87. The highest BCUT2D eigenvalue weighted by atomic mass is 32.1. The van der Waals surface area contributed by atoms with E-state index in [-0.39, 0.29) is 23.5 Å². The molecule has 0 aromatic carbocycles. The fraction of sp³-hybridized carbons (Fsp3) is 0.667. The Morgan fingerprint density at radius 1 is 1.46 bits per heavy atom. The van der Waals surface area contributed by atoms with Crippen LogP contribution in [0.25, 0.3) is 0 Å². The Bertz CT molecular complexity index is 673. The Labute approximate surface area is 146 Å². The van der Waals surface area contributed by atoms with Crippen molar-refractivity contribution in [2.24, 2.45) is 11.8 Å². The van der Waals surface area contributed by atoms with Crippen molar-refractivity contribution >= 4 is 23.2 Å². The van der Waals surface area contributed by atoms with Gasteiger partial charge in [-0.1, -0.05) is 6.92 Å². The normalized spacial score (nSPS) is 33.8. The minimum absolute atomic E-state index is 0.00408. The van der Waals surface area contributed by atoms with Crippen LogP contribution in [0, 0.1) is 18.8 Å². The van der Waals surface area contributed by atoms with Crippen molar-refractivity contribution in [3.05, 3.63) is 21.9 Å². The number of carbonyl (C=O) groups is 2. The largest absolute Gasteiger partial charge is 0.369 e. The Balaban J connectivity index is 1.43. The van der Waals surface area contributed by atoms with Crippen molar-refractivity contribution in [2.45, 2.75) is 44.8 Å². The first-order chi connectivity index (χ1) is 11.5. The summed E-state index contributed by atoms with van der Waals surface area (Å²) >= 11 is 1.52. The molecule has 6 heteroatoms. The summed E-state index contributed by atoms with van der Waals surface area (Å²) in [6.45, 7) is 6.07. The molecule has 1 spiro atoms. The van der Waals surface area contributed by atoms with Crippen LogP contribution < -0.4 is 5.32 Å². The summed E-state index contributed by atoms with van der Waals surface area (Å²) < 4.78 is 6.32. The molecule has 4 heterocycles. The molecule has 3 saturated heterocycles. The number of hydrogen-bond acceptors (Lipinski definition) is 4. The maximum Gasteiger partial charge on any atom is 0.261 e. The summed E-state index contributed by atoms with van der Waals surface area (Å²) in [5.41, 5.74) is -0.148. The lowest BCUT2D eigenvalue weighted by molar-refractivity contribution is -0.131. The fourth-order valence-electron chi connectivity index (χ4n) is 4.73. The molecule has 5 nitrogen and oxygen atoms in total. The van der Waals surface area contributed by atoms with Gasteiger partial charge in [0, 0.05) is 36.2 Å². The molecule has 3 aliphatic rings. The zero-order chi connectivity index (χ0) is 16.9. The van der Waals surface area contributed by atoms with Gasteiger partial charge in [0.05, 0.1) is 23.1 Å². The number of aryl methyl sites for hydroxylation is 1. The maximum absolute atomic E-state index is 12.3. The third kappa shape index (κ3) is 2.47. The lowest BCUT2D eigenvalue weighted by Crippen LogP contribution is -2.41. The summed E-state index contributed by atoms with van der Waals surface area (Å²) in [4.78, 5) is 28.3. The number of nitrogens with one attached hydrogen (secondary N) is 1. The van der Waals surface area contributed by atoms with Crippen LogP contribution in [0.15, 0.2) is 12.1 Å². The van der Waals surface area contributed by atoms with E-state index in [4.69, 9.17) is 4.74 Å². The topological polar surface area (TPSA) is 58.6 Å². The molecule has 3 fully saturated rings. The van der Waals surface area contributed by atoms with Crippen molar-refractivity contribution in [2.75, 3.05) is 19.6 Å². The highest BCUT2D eigenvalue weighted by molar-refractivity contribution is 7.13. The zero-order valence-corrected chi connectivity index (χ0v) is 15.0. The van der Waals surface area contributed by atoms with Crippen LogP contribution in [0.3, 0.4) is 0 Å². The number of fused-ring (bicyclic) bond motifs is 1. The number of ether oxygens (including phenoxy) is 1. The molecule has 4 rings (SSSR count). The van der Waals surface area contributed by atoms with Crippen LogP contribution in [0.5, 0.6) is 0 Å². The molecule has 130 valence electrons. The first kappa shape index (κ1) is 16.1. The minimum Gasteiger partial charge on any atom is -0.369 e. The van der Waals surface area contributed by atoms with E-state index < -0.39 is 0 Å². The number of nitrogens with zero attached hydrogens (tertiary/aromatic N) is 1. The standard InChI is InChI=1S/C18H24N2O3S/c1-3-16(21)20-9-13-12(14-6-7-18(13,10-20)23-14)8-19-17(22)15-5-4-11(2)24-15/h4-5,12-14H,3,6-10H2,1-2H3,(H,19,22)/t12-,13+,14+,18+/m0/s1. The van der Waals surface area contributed by atoms with Gasteiger partial charge in [0.2, 0.25) is 5.91 Å². The smallest absolute Gasteiger partial charge is 0.261 e. The molecule has 3 aliphatic heterocycles. The van der Waals surface area contributed by atoms with Crippen LogP contribution in [0.1, 0.15) is 40.7 Å². The van der Waals surface area contributed by atoms with Gasteiger partial charge in [0.15, 0.2) is 0 Å². The average Bonchev–Trinajstić information content (AvgIpc) is 3.31. The number of carbonyl (C=O) groups excluding carboxylic acids is 2. The number of hydrogen-bond donors (Lipinski definition) is 1. The molecule has 0 radical (unpaired) electrons. The van der Waals surface area contributed by atoms with E-state index >= 15 is 0 Å². The highest BCUT2D eigenvalue weighted by Crippen LogP contribution is 2.54. The van der Waals surface area contributed by atoms with E-state index in [1.165, 1.54) is 11.3 Å². The molecule has 1 N–H and O–H groups in total. The zero-order valence-electron chi connectivity index (χ0n) is 14.2. The van der Waals surface area contributed by atoms with Gasteiger partial charge in [0.25, 0.3) is 5.91 Å². The van der Waals surface area contributed by atoms with Crippen LogP contribution >= 0.6 is 11.3 Å². The molecule has 2 amide bonds. The molecule has 0 unspecified atom stereocenters. The van der Waals surface area contributed by atoms with Crippen molar-refractivity contribution in [1.29, 1.82) is 0 Å². The second-order valence-corrected chi connectivity index (χ2v) is 8.57. The summed E-state index contributed by atoms with van der Waals surface area (Å²) in [5, 5.41) is 3.09. The average molecular weight is 348 g/mol. The molecule has 2 bridgehead atoms. The Morgan fingerprint density at radius 3 is 3.00 bits per heavy atom. The van der Waals surface area contributed by atoms with E-state index in [2.05, 4.69) is 5.32 Å². The lowest BCUT2D eigenvalue weighted by Gasteiger charge is -2.29. The van der Waals surface area contributed by atoms with E-state index in [9.17, 15) is 9.59 Å². The van der Waals surface area contributed by atoms with Crippen LogP contribution in [0.2, 0.25) is 0 Å². The molecule has 24 heavy (non-hydrogen) atoms. The number of rotatable bonds is 4. The Kier molecular flexibility index (Phi) is 3.92. The Hall–Kier alpha value is -1.40. The van der Waals surface area contributed by atoms with Crippen molar-refractivity contribution in [3.8, 4) is 0 Å². The van der Waals surface area contributed by atoms with E-state index in [1.807, 2.05) is 30.9 Å². The molecule has 1 aromatic heterocycles. The van der Waals surface area contributed by atoms with Gasteiger partial charge in [0.1, 0.15) is 0 Å². The van der Waals surface area contributed by atoms with Crippen LogP contribution in [-0.2, 0) is 9.53 Å². The van der Waals surface area contributed by atoms with E-state index in [0.29, 0.717) is 24.8 Å². The first-order valence-corrected chi connectivity index (χ1v) is 9.64. The fourth-order valence-corrected chi connectivity index (χ4v) is 5.52. The molecule has 0 aliphatic carbocycles. The van der Waals surface area contributed by atoms with Gasteiger partial charge < -0.3 is 15.0 Å². The summed E-state index contributed by atoms with van der Waals surface area (Å²) in [7, 11) is 0. The SMILES string of the molecule is CCC(=O)N1C[C@@H]2[C@H](CNC(=O)c3ccc(C)s3)[C@H]3CC[C@]2(C1)O3. The van der Waals surface area contributed by atoms with Gasteiger partial charge >= 0.3 is 0 Å².